The van der Waals surface area contributed by atoms with Crippen LogP contribution in [0.2, 0.25) is 0 Å². The summed E-state index contributed by atoms with van der Waals surface area (Å²) in [6, 6.07) is 0. The Balaban J connectivity index is 2.37. The molecule has 1 fully saturated rings. The average molecular weight is 184 g/mol. The standard InChI is InChI=1S/C11H24N2/c1-4-13(5-2)10-11(9-12-3)7-6-8-11/h12H,4-10H2,1-3H3. The Hall–Kier alpha value is -0.0800. The first-order valence-corrected chi connectivity index (χ1v) is 5.63. The third-order valence-corrected chi connectivity index (χ3v) is 3.42. The highest BCUT2D eigenvalue weighted by molar-refractivity contribution is 4.91. The van der Waals surface area contributed by atoms with Gasteiger partial charge in [-0.3, -0.25) is 0 Å². The zero-order chi connectivity index (χ0) is 9.73. The van der Waals surface area contributed by atoms with Crippen molar-refractivity contribution in [1.29, 1.82) is 0 Å². The van der Waals surface area contributed by atoms with Gasteiger partial charge >= 0.3 is 0 Å². The van der Waals surface area contributed by atoms with Gasteiger partial charge in [-0.15, -0.1) is 0 Å². The maximum Gasteiger partial charge on any atom is 0.00499 e. The molecule has 0 aromatic heterocycles. The molecule has 1 rings (SSSR count). The van der Waals surface area contributed by atoms with Crippen molar-refractivity contribution >= 4 is 0 Å². The third-order valence-electron chi connectivity index (χ3n) is 3.42. The van der Waals surface area contributed by atoms with Crippen LogP contribution in [0, 0.1) is 5.41 Å². The lowest BCUT2D eigenvalue weighted by Gasteiger charge is -2.45. The molecule has 1 saturated carbocycles. The van der Waals surface area contributed by atoms with E-state index in [1.165, 1.54) is 45.4 Å². The molecule has 2 nitrogen and oxygen atoms in total. The Kier molecular flexibility index (Phi) is 4.20. The molecule has 2 heteroatoms. The van der Waals surface area contributed by atoms with Crippen LogP contribution in [0.5, 0.6) is 0 Å². The molecule has 0 unspecified atom stereocenters. The number of nitrogens with zero attached hydrogens (tertiary/aromatic N) is 1. The van der Waals surface area contributed by atoms with Crippen LogP contribution in [-0.2, 0) is 0 Å². The first-order valence-electron chi connectivity index (χ1n) is 5.63. The summed E-state index contributed by atoms with van der Waals surface area (Å²) in [5.41, 5.74) is 0.612. The van der Waals surface area contributed by atoms with E-state index in [2.05, 4.69) is 31.1 Å². The minimum absolute atomic E-state index is 0.612. The van der Waals surface area contributed by atoms with Crippen LogP contribution in [0.25, 0.3) is 0 Å². The van der Waals surface area contributed by atoms with Crippen molar-refractivity contribution in [2.75, 3.05) is 33.2 Å². The van der Waals surface area contributed by atoms with E-state index in [9.17, 15) is 0 Å². The van der Waals surface area contributed by atoms with Crippen LogP contribution < -0.4 is 5.32 Å². The van der Waals surface area contributed by atoms with Gasteiger partial charge in [0, 0.05) is 13.1 Å². The van der Waals surface area contributed by atoms with Gasteiger partial charge in [0.1, 0.15) is 0 Å². The summed E-state index contributed by atoms with van der Waals surface area (Å²) in [4.78, 5) is 2.55. The molecule has 1 aliphatic carbocycles. The van der Waals surface area contributed by atoms with Crippen molar-refractivity contribution in [3.63, 3.8) is 0 Å². The average Bonchev–Trinajstić information content (AvgIpc) is 2.09. The van der Waals surface area contributed by atoms with E-state index in [-0.39, 0.29) is 0 Å². The van der Waals surface area contributed by atoms with Crippen LogP contribution in [0.4, 0.5) is 0 Å². The summed E-state index contributed by atoms with van der Waals surface area (Å²) in [7, 11) is 2.07. The van der Waals surface area contributed by atoms with E-state index in [0.29, 0.717) is 5.41 Å². The molecular formula is C11H24N2. The Bertz CT molecular complexity index is 137. The van der Waals surface area contributed by atoms with Gasteiger partial charge in [-0.25, -0.2) is 0 Å². The van der Waals surface area contributed by atoms with Crippen molar-refractivity contribution < 1.29 is 0 Å². The molecule has 0 bridgehead atoms. The molecule has 13 heavy (non-hydrogen) atoms. The highest BCUT2D eigenvalue weighted by atomic mass is 15.1. The molecule has 0 saturated heterocycles. The molecule has 0 aliphatic heterocycles. The molecule has 78 valence electrons. The van der Waals surface area contributed by atoms with E-state index < -0.39 is 0 Å². The predicted molar refractivity (Wildman–Crippen MR) is 58.0 cm³/mol. The quantitative estimate of drug-likeness (QED) is 0.676. The fourth-order valence-electron chi connectivity index (χ4n) is 2.36. The van der Waals surface area contributed by atoms with Gasteiger partial charge in [-0.1, -0.05) is 20.3 Å². The Morgan fingerprint density at radius 2 is 1.85 bits per heavy atom. The zero-order valence-electron chi connectivity index (χ0n) is 9.40. The molecule has 0 aromatic carbocycles. The van der Waals surface area contributed by atoms with Crippen LogP contribution in [0.3, 0.4) is 0 Å². The van der Waals surface area contributed by atoms with Gasteiger partial charge in [-0.05, 0) is 38.4 Å². The minimum Gasteiger partial charge on any atom is -0.319 e. The van der Waals surface area contributed by atoms with Crippen molar-refractivity contribution in [2.45, 2.75) is 33.1 Å². The molecule has 0 aromatic rings. The van der Waals surface area contributed by atoms with Crippen molar-refractivity contribution in [3.8, 4) is 0 Å². The summed E-state index contributed by atoms with van der Waals surface area (Å²) < 4.78 is 0. The van der Waals surface area contributed by atoms with Gasteiger partial charge in [0.25, 0.3) is 0 Å². The van der Waals surface area contributed by atoms with Gasteiger partial charge < -0.3 is 10.2 Å². The van der Waals surface area contributed by atoms with E-state index in [1.807, 2.05) is 0 Å². The summed E-state index contributed by atoms with van der Waals surface area (Å²) in [5, 5.41) is 3.34. The summed E-state index contributed by atoms with van der Waals surface area (Å²) >= 11 is 0. The highest BCUT2D eigenvalue weighted by Gasteiger charge is 2.37. The molecule has 1 aliphatic rings. The number of hydrogen-bond acceptors (Lipinski definition) is 2. The smallest absolute Gasteiger partial charge is 0.00499 e. The van der Waals surface area contributed by atoms with Gasteiger partial charge in [0.2, 0.25) is 0 Å². The fraction of sp³-hybridized carbons (Fsp3) is 1.00. The second kappa shape index (κ2) is 4.97. The Labute approximate surface area is 82.7 Å². The van der Waals surface area contributed by atoms with Crippen LogP contribution in [0.1, 0.15) is 33.1 Å². The summed E-state index contributed by atoms with van der Waals surface area (Å²) in [6.45, 7) is 9.40. The highest BCUT2D eigenvalue weighted by Crippen LogP contribution is 2.40. The maximum absolute atomic E-state index is 3.34. The number of hydrogen-bond donors (Lipinski definition) is 1. The van der Waals surface area contributed by atoms with Crippen LogP contribution in [0.15, 0.2) is 0 Å². The lowest BCUT2D eigenvalue weighted by molar-refractivity contribution is 0.0727. The molecule has 0 atom stereocenters. The topological polar surface area (TPSA) is 15.3 Å². The largest absolute Gasteiger partial charge is 0.319 e. The van der Waals surface area contributed by atoms with Crippen LogP contribution in [-0.4, -0.2) is 38.1 Å². The monoisotopic (exact) mass is 184 g/mol. The lowest BCUT2D eigenvalue weighted by Crippen LogP contribution is -2.47. The van der Waals surface area contributed by atoms with E-state index in [4.69, 9.17) is 0 Å². The minimum atomic E-state index is 0.612. The molecule has 0 radical (unpaired) electrons. The number of nitrogens with one attached hydrogen (secondary N) is 1. The second-order valence-electron chi connectivity index (χ2n) is 4.35. The fourth-order valence-corrected chi connectivity index (χ4v) is 2.36. The van der Waals surface area contributed by atoms with Crippen LogP contribution >= 0.6 is 0 Å². The molecular weight excluding hydrogens is 160 g/mol. The molecule has 0 heterocycles. The zero-order valence-corrected chi connectivity index (χ0v) is 9.40. The summed E-state index contributed by atoms with van der Waals surface area (Å²) in [5.74, 6) is 0. The van der Waals surface area contributed by atoms with Gasteiger partial charge in [0.05, 0.1) is 0 Å². The Morgan fingerprint density at radius 3 is 2.15 bits per heavy atom. The lowest BCUT2D eigenvalue weighted by atomic mass is 9.68. The second-order valence-corrected chi connectivity index (χ2v) is 4.35. The van der Waals surface area contributed by atoms with E-state index >= 15 is 0 Å². The Morgan fingerprint density at radius 1 is 1.23 bits per heavy atom. The van der Waals surface area contributed by atoms with Crippen molar-refractivity contribution in [3.05, 3.63) is 0 Å². The predicted octanol–water partition coefficient (Wildman–Crippen LogP) is 1.72. The van der Waals surface area contributed by atoms with E-state index in [0.717, 1.165) is 0 Å². The van der Waals surface area contributed by atoms with Gasteiger partial charge in [0.15, 0.2) is 0 Å². The van der Waals surface area contributed by atoms with Crippen molar-refractivity contribution in [1.82, 2.24) is 10.2 Å². The van der Waals surface area contributed by atoms with Crippen molar-refractivity contribution in [2.24, 2.45) is 5.41 Å². The maximum atomic E-state index is 3.34. The third kappa shape index (κ3) is 2.68. The SMILES string of the molecule is CCN(CC)CC1(CNC)CCC1. The molecule has 0 amide bonds. The number of rotatable bonds is 6. The first-order chi connectivity index (χ1) is 6.26. The normalized spacial score (nSPS) is 20.3. The summed E-state index contributed by atoms with van der Waals surface area (Å²) in [6.07, 6.45) is 4.28. The van der Waals surface area contributed by atoms with E-state index in [1.54, 1.807) is 0 Å². The molecule has 1 N–H and O–H groups in total. The van der Waals surface area contributed by atoms with Gasteiger partial charge in [-0.2, -0.15) is 0 Å². The first kappa shape index (κ1) is 11.0. The molecule has 0 spiro atoms.